The van der Waals surface area contributed by atoms with Crippen molar-refractivity contribution in [2.24, 2.45) is 5.16 Å². The number of oxime groups is 1. The fourth-order valence-corrected chi connectivity index (χ4v) is 2.85. The second-order valence-corrected chi connectivity index (χ2v) is 6.67. The van der Waals surface area contributed by atoms with Crippen molar-refractivity contribution in [2.45, 2.75) is 38.8 Å². The number of piperidine rings is 1. The molecule has 0 aliphatic carbocycles. The van der Waals surface area contributed by atoms with Crippen LogP contribution in [0.5, 0.6) is 0 Å². The van der Waals surface area contributed by atoms with E-state index in [1.54, 1.807) is 29.2 Å². The Morgan fingerprint density at radius 3 is 2.52 bits per heavy atom. The van der Waals surface area contributed by atoms with Crippen molar-refractivity contribution in [2.75, 3.05) is 19.7 Å². The minimum Gasteiger partial charge on any atom is -0.396 e. The molecule has 1 saturated heterocycles. The van der Waals surface area contributed by atoms with Gasteiger partial charge in [0, 0.05) is 31.5 Å². The van der Waals surface area contributed by atoms with Crippen LogP contribution in [0.1, 0.15) is 37.6 Å². The number of amides is 1. The summed E-state index contributed by atoms with van der Waals surface area (Å²) in [4.78, 5) is 22.8. The summed E-state index contributed by atoms with van der Waals surface area (Å²) < 4.78 is 41.9. The van der Waals surface area contributed by atoms with E-state index in [1.807, 2.05) is 6.92 Å². The Balaban J connectivity index is 1.54. The van der Waals surface area contributed by atoms with Crippen LogP contribution in [0.15, 0.2) is 33.9 Å². The van der Waals surface area contributed by atoms with Gasteiger partial charge in [-0.05, 0) is 12.0 Å². The summed E-state index contributed by atoms with van der Waals surface area (Å²) >= 11 is 0. The number of carbonyl (C=O) groups is 1. The highest BCUT2D eigenvalue weighted by Crippen LogP contribution is 2.29. The van der Waals surface area contributed by atoms with Gasteiger partial charge in [0.1, 0.15) is 6.61 Å². The lowest BCUT2D eigenvalue weighted by molar-refractivity contribution is -0.159. The number of nitrogens with zero attached hydrogens (tertiary/aromatic N) is 4. The van der Waals surface area contributed by atoms with Crippen LogP contribution < -0.4 is 0 Å². The highest BCUT2D eigenvalue weighted by molar-refractivity contribution is 5.87. The standard InChI is InChI=1S/C19H21F3N4O3/c1-2-11-28-24-15-7-9-26(10-8-15)16(27)12-13-3-5-14(6-4-13)17-23-18(29-25-17)19(20,21)22/h3-6H,2,7-12H2,1H3. The van der Waals surface area contributed by atoms with Gasteiger partial charge in [-0.3, -0.25) is 4.79 Å². The molecular weight excluding hydrogens is 389 g/mol. The van der Waals surface area contributed by atoms with Crippen LogP contribution in [0.25, 0.3) is 11.4 Å². The monoisotopic (exact) mass is 410 g/mol. The number of aromatic nitrogens is 2. The number of rotatable bonds is 6. The number of benzene rings is 1. The predicted octanol–water partition coefficient (Wildman–Crippen LogP) is 3.70. The molecule has 10 heteroatoms. The molecule has 1 aromatic carbocycles. The van der Waals surface area contributed by atoms with Crippen LogP contribution in [-0.2, 0) is 22.2 Å². The molecule has 0 N–H and O–H groups in total. The first kappa shape index (κ1) is 20.8. The maximum Gasteiger partial charge on any atom is 0.471 e. The number of hydrogen-bond acceptors (Lipinski definition) is 6. The molecule has 1 aliphatic rings. The van der Waals surface area contributed by atoms with Crippen molar-refractivity contribution in [3.05, 3.63) is 35.7 Å². The minimum atomic E-state index is -4.68. The van der Waals surface area contributed by atoms with Crippen LogP contribution in [-0.4, -0.2) is 46.4 Å². The summed E-state index contributed by atoms with van der Waals surface area (Å²) in [6, 6.07) is 6.48. The fraction of sp³-hybridized carbons (Fsp3) is 0.474. The zero-order chi connectivity index (χ0) is 20.9. The van der Waals surface area contributed by atoms with Gasteiger partial charge in [-0.2, -0.15) is 18.2 Å². The third kappa shape index (κ3) is 5.55. The number of hydrogen-bond donors (Lipinski definition) is 0. The van der Waals surface area contributed by atoms with E-state index in [9.17, 15) is 18.0 Å². The average Bonchev–Trinajstić information content (AvgIpc) is 3.20. The maximum absolute atomic E-state index is 12.6. The Kier molecular flexibility index (Phi) is 6.50. The normalized spacial score (nSPS) is 14.8. The molecule has 0 bridgehead atoms. The van der Waals surface area contributed by atoms with Gasteiger partial charge in [0.25, 0.3) is 0 Å². The highest BCUT2D eigenvalue weighted by atomic mass is 19.4. The van der Waals surface area contributed by atoms with E-state index in [0.717, 1.165) is 17.7 Å². The average molecular weight is 410 g/mol. The summed E-state index contributed by atoms with van der Waals surface area (Å²) in [7, 11) is 0. The Labute approximate surface area is 165 Å². The maximum atomic E-state index is 12.6. The molecule has 1 aromatic heterocycles. The summed E-state index contributed by atoms with van der Waals surface area (Å²) in [6.07, 6.45) is -2.20. The number of halogens is 3. The van der Waals surface area contributed by atoms with Gasteiger partial charge in [-0.1, -0.05) is 41.5 Å². The van der Waals surface area contributed by atoms with Gasteiger partial charge in [-0.25, -0.2) is 0 Å². The lowest BCUT2D eigenvalue weighted by Gasteiger charge is -2.27. The predicted molar refractivity (Wildman–Crippen MR) is 97.9 cm³/mol. The summed E-state index contributed by atoms with van der Waals surface area (Å²) in [6.45, 7) is 3.78. The molecule has 29 heavy (non-hydrogen) atoms. The van der Waals surface area contributed by atoms with Crippen molar-refractivity contribution in [3.8, 4) is 11.4 Å². The minimum absolute atomic E-state index is 0.00908. The first-order chi connectivity index (χ1) is 13.9. The topological polar surface area (TPSA) is 80.8 Å². The highest BCUT2D eigenvalue weighted by Gasteiger charge is 2.38. The van der Waals surface area contributed by atoms with Crippen LogP contribution in [0.2, 0.25) is 0 Å². The molecule has 3 rings (SSSR count). The Bertz CT molecular complexity index is 852. The summed E-state index contributed by atoms with van der Waals surface area (Å²) in [5.74, 6) is -1.55. The van der Waals surface area contributed by atoms with Crippen molar-refractivity contribution in [1.82, 2.24) is 15.0 Å². The van der Waals surface area contributed by atoms with Gasteiger partial charge in [0.2, 0.25) is 11.7 Å². The molecule has 1 aliphatic heterocycles. The van der Waals surface area contributed by atoms with Crippen molar-refractivity contribution in [3.63, 3.8) is 0 Å². The van der Waals surface area contributed by atoms with Gasteiger partial charge >= 0.3 is 12.1 Å². The van der Waals surface area contributed by atoms with Gasteiger partial charge in [-0.15, -0.1) is 0 Å². The Hall–Kier alpha value is -2.91. The van der Waals surface area contributed by atoms with Crippen LogP contribution >= 0.6 is 0 Å². The van der Waals surface area contributed by atoms with Crippen LogP contribution in [0.3, 0.4) is 0 Å². The fourth-order valence-electron chi connectivity index (χ4n) is 2.85. The van der Waals surface area contributed by atoms with E-state index in [1.165, 1.54) is 0 Å². The third-order valence-corrected chi connectivity index (χ3v) is 4.42. The lowest BCUT2D eigenvalue weighted by atomic mass is 10.1. The van der Waals surface area contributed by atoms with E-state index < -0.39 is 12.1 Å². The largest absolute Gasteiger partial charge is 0.471 e. The molecule has 1 fully saturated rings. The van der Waals surface area contributed by atoms with Gasteiger partial charge in [0.15, 0.2) is 0 Å². The zero-order valence-corrected chi connectivity index (χ0v) is 15.9. The molecule has 0 radical (unpaired) electrons. The van der Waals surface area contributed by atoms with Gasteiger partial charge < -0.3 is 14.3 Å². The van der Waals surface area contributed by atoms with Crippen molar-refractivity contribution >= 4 is 11.6 Å². The molecule has 156 valence electrons. The number of alkyl halides is 3. The quantitative estimate of drug-likeness (QED) is 0.536. The second kappa shape index (κ2) is 9.06. The molecule has 0 spiro atoms. The van der Waals surface area contributed by atoms with Crippen LogP contribution in [0, 0.1) is 0 Å². The summed E-state index contributed by atoms with van der Waals surface area (Å²) in [5, 5.41) is 7.44. The van der Waals surface area contributed by atoms with Crippen molar-refractivity contribution < 1.29 is 27.3 Å². The molecule has 1 amide bonds. The van der Waals surface area contributed by atoms with E-state index in [0.29, 0.717) is 38.1 Å². The van der Waals surface area contributed by atoms with E-state index >= 15 is 0 Å². The second-order valence-electron chi connectivity index (χ2n) is 6.67. The smallest absolute Gasteiger partial charge is 0.396 e. The number of carbonyl (C=O) groups excluding carboxylic acids is 1. The molecule has 2 heterocycles. The first-order valence-corrected chi connectivity index (χ1v) is 9.32. The molecule has 0 unspecified atom stereocenters. The van der Waals surface area contributed by atoms with Crippen LogP contribution in [0.4, 0.5) is 13.2 Å². The van der Waals surface area contributed by atoms with E-state index in [-0.39, 0.29) is 18.2 Å². The first-order valence-electron chi connectivity index (χ1n) is 9.32. The SMILES string of the molecule is CCCON=C1CCN(C(=O)Cc2ccc(-c3noc(C(F)(F)F)n3)cc2)CC1. The van der Waals surface area contributed by atoms with Gasteiger partial charge in [0.05, 0.1) is 12.1 Å². The lowest BCUT2D eigenvalue weighted by Crippen LogP contribution is -2.39. The molecule has 0 atom stereocenters. The Morgan fingerprint density at radius 1 is 1.24 bits per heavy atom. The zero-order valence-electron chi connectivity index (χ0n) is 15.9. The molecule has 0 saturated carbocycles. The third-order valence-electron chi connectivity index (χ3n) is 4.42. The number of likely N-dealkylation sites (tertiary alicyclic amines) is 1. The van der Waals surface area contributed by atoms with Crippen molar-refractivity contribution in [1.29, 1.82) is 0 Å². The summed E-state index contributed by atoms with van der Waals surface area (Å²) in [5.41, 5.74) is 2.10. The molecule has 2 aromatic rings. The molecule has 7 nitrogen and oxygen atoms in total. The van der Waals surface area contributed by atoms with E-state index in [4.69, 9.17) is 4.84 Å². The molecular formula is C19H21F3N4O3. The Morgan fingerprint density at radius 2 is 1.93 bits per heavy atom. The van der Waals surface area contributed by atoms with E-state index in [2.05, 4.69) is 19.8 Å².